The van der Waals surface area contributed by atoms with Crippen LogP contribution in [0.3, 0.4) is 0 Å². The number of hydrogen-bond acceptors (Lipinski definition) is 4. The lowest BCUT2D eigenvalue weighted by atomic mass is 10.1. The maximum absolute atomic E-state index is 10.5. The molecule has 0 saturated heterocycles. The molecule has 2 aromatic rings. The highest BCUT2D eigenvalue weighted by molar-refractivity contribution is 5.31. The molecule has 1 atom stereocenters. The van der Waals surface area contributed by atoms with Crippen LogP contribution in [0, 0.1) is 12.8 Å². The topological polar surface area (TPSA) is 41.9 Å². The number of nitrogens with zero attached hydrogens (tertiary/aromatic N) is 1. The van der Waals surface area contributed by atoms with Crippen LogP contribution in [-0.4, -0.2) is 42.9 Å². The molecule has 0 aliphatic rings. The predicted molar refractivity (Wildman–Crippen MR) is 110 cm³/mol. The SMILES string of the molecule is COc1ccc(OCC(O)CN(CCC(C)C)Cc2cccc(C)c2)cc1. The van der Waals surface area contributed by atoms with Gasteiger partial charge in [0.2, 0.25) is 0 Å². The van der Waals surface area contributed by atoms with Crippen molar-refractivity contribution in [1.29, 1.82) is 0 Å². The number of aliphatic hydroxyl groups is 1. The molecule has 0 radical (unpaired) electrons. The second-order valence-electron chi connectivity index (χ2n) is 7.55. The molecule has 0 bridgehead atoms. The third kappa shape index (κ3) is 8.02. The zero-order valence-corrected chi connectivity index (χ0v) is 17.0. The first-order chi connectivity index (χ1) is 13.0. The van der Waals surface area contributed by atoms with Crippen LogP contribution in [0.15, 0.2) is 48.5 Å². The molecule has 0 aliphatic carbocycles. The van der Waals surface area contributed by atoms with Gasteiger partial charge in [0.15, 0.2) is 0 Å². The summed E-state index contributed by atoms with van der Waals surface area (Å²) < 4.78 is 10.9. The van der Waals surface area contributed by atoms with Gasteiger partial charge in [0, 0.05) is 13.1 Å². The maximum Gasteiger partial charge on any atom is 0.119 e. The average Bonchev–Trinajstić information content (AvgIpc) is 2.65. The molecular formula is C23H33NO3. The molecule has 0 fully saturated rings. The van der Waals surface area contributed by atoms with Crippen LogP contribution in [0.25, 0.3) is 0 Å². The van der Waals surface area contributed by atoms with Crippen LogP contribution < -0.4 is 9.47 Å². The molecule has 4 heteroatoms. The van der Waals surface area contributed by atoms with Gasteiger partial charge in [-0.05, 0) is 55.6 Å². The van der Waals surface area contributed by atoms with Crippen molar-refractivity contribution in [3.05, 3.63) is 59.7 Å². The molecule has 1 unspecified atom stereocenters. The Kier molecular flexibility index (Phi) is 8.62. The molecule has 27 heavy (non-hydrogen) atoms. The van der Waals surface area contributed by atoms with Gasteiger partial charge < -0.3 is 14.6 Å². The van der Waals surface area contributed by atoms with E-state index in [0.29, 0.717) is 12.5 Å². The molecule has 4 nitrogen and oxygen atoms in total. The Labute approximate surface area is 163 Å². The minimum atomic E-state index is -0.538. The van der Waals surface area contributed by atoms with Crippen LogP contribution in [0.4, 0.5) is 0 Å². The zero-order valence-electron chi connectivity index (χ0n) is 17.0. The highest BCUT2D eigenvalue weighted by atomic mass is 16.5. The van der Waals surface area contributed by atoms with Gasteiger partial charge in [-0.1, -0.05) is 43.7 Å². The minimum Gasteiger partial charge on any atom is -0.497 e. The number of ether oxygens (including phenoxy) is 2. The van der Waals surface area contributed by atoms with E-state index in [9.17, 15) is 5.11 Å². The third-order valence-electron chi connectivity index (χ3n) is 4.48. The molecule has 148 valence electrons. The molecule has 0 saturated carbocycles. The Balaban J connectivity index is 1.89. The van der Waals surface area contributed by atoms with E-state index in [0.717, 1.165) is 31.0 Å². The normalized spacial score (nSPS) is 12.4. The van der Waals surface area contributed by atoms with Crippen LogP contribution >= 0.6 is 0 Å². The van der Waals surface area contributed by atoms with E-state index in [1.165, 1.54) is 11.1 Å². The standard InChI is InChI=1S/C23H33NO3/c1-18(2)12-13-24(15-20-7-5-6-19(3)14-20)16-21(25)17-27-23-10-8-22(26-4)9-11-23/h5-11,14,18,21,25H,12-13,15-17H2,1-4H3. The lowest BCUT2D eigenvalue weighted by Crippen LogP contribution is -2.36. The van der Waals surface area contributed by atoms with Gasteiger partial charge in [0.25, 0.3) is 0 Å². The molecule has 0 aromatic heterocycles. The van der Waals surface area contributed by atoms with Crippen molar-refractivity contribution in [2.45, 2.75) is 39.8 Å². The van der Waals surface area contributed by atoms with E-state index in [4.69, 9.17) is 9.47 Å². The monoisotopic (exact) mass is 371 g/mol. The molecule has 1 N–H and O–H groups in total. The van der Waals surface area contributed by atoms with E-state index >= 15 is 0 Å². The lowest BCUT2D eigenvalue weighted by molar-refractivity contribution is 0.0639. The van der Waals surface area contributed by atoms with Gasteiger partial charge in [0.1, 0.15) is 24.2 Å². The Hall–Kier alpha value is -2.04. The van der Waals surface area contributed by atoms with Crippen LogP contribution in [0.5, 0.6) is 11.5 Å². The van der Waals surface area contributed by atoms with Crippen molar-refractivity contribution >= 4 is 0 Å². The van der Waals surface area contributed by atoms with Crippen LogP contribution in [0.2, 0.25) is 0 Å². The molecule has 2 aromatic carbocycles. The number of benzene rings is 2. The van der Waals surface area contributed by atoms with Crippen LogP contribution in [0.1, 0.15) is 31.4 Å². The van der Waals surface area contributed by atoms with Gasteiger partial charge in [0.05, 0.1) is 7.11 Å². The number of rotatable bonds is 11. The summed E-state index contributed by atoms with van der Waals surface area (Å²) in [6, 6.07) is 16.0. The summed E-state index contributed by atoms with van der Waals surface area (Å²) in [5, 5.41) is 10.5. The van der Waals surface area contributed by atoms with Crippen molar-refractivity contribution in [3.63, 3.8) is 0 Å². The predicted octanol–water partition coefficient (Wildman–Crippen LogP) is 4.29. The van der Waals surface area contributed by atoms with Gasteiger partial charge in [-0.2, -0.15) is 0 Å². The van der Waals surface area contributed by atoms with E-state index in [1.807, 2.05) is 24.3 Å². The Bertz CT molecular complexity index is 670. The second kappa shape index (κ2) is 11.0. The lowest BCUT2D eigenvalue weighted by Gasteiger charge is -2.26. The number of methoxy groups -OCH3 is 1. The largest absolute Gasteiger partial charge is 0.497 e. The molecule has 0 aliphatic heterocycles. The summed E-state index contributed by atoms with van der Waals surface area (Å²) in [5.41, 5.74) is 2.54. The van der Waals surface area contributed by atoms with Gasteiger partial charge in [-0.15, -0.1) is 0 Å². The molecule has 0 spiro atoms. The number of hydrogen-bond donors (Lipinski definition) is 1. The molecule has 0 heterocycles. The van der Waals surface area contributed by atoms with Gasteiger partial charge in [-0.3, -0.25) is 4.90 Å². The van der Waals surface area contributed by atoms with E-state index < -0.39 is 6.10 Å². The highest BCUT2D eigenvalue weighted by Gasteiger charge is 2.14. The van der Waals surface area contributed by atoms with E-state index in [2.05, 4.69) is 49.9 Å². The van der Waals surface area contributed by atoms with Crippen molar-refractivity contribution in [3.8, 4) is 11.5 Å². The van der Waals surface area contributed by atoms with Crippen molar-refractivity contribution < 1.29 is 14.6 Å². The molecule has 0 amide bonds. The summed E-state index contributed by atoms with van der Waals surface area (Å²) in [6.45, 7) is 9.25. The zero-order chi connectivity index (χ0) is 19.6. The Morgan fingerprint density at radius 1 is 1.04 bits per heavy atom. The summed E-state index contributed by atoms with van der Waals surface area (Å²) in [5.74, 6) is 2.17. The fourth-order valence-corrected chi connectivity index (χ4v) is 2.96. The summed E-state index contributed by atoms with van der Waals surface area (Å²) >= 11 is 0. The van der Waals surface area contributed by atoms with E-state index in [1.54, 1.807) is 7.11 Å². The Morgan fingerprint density at radius 3 is 2.37 bits per heavy atom. The van der Waals surface area contributed by atoms with E-state index in [-0.39, 0.29) is 6.61 Å². The second-order valence-corrected chi connectivity index (χ2v) is 7.55. The fraction of sp³-hybridized carbons (Fsp3) is 0.478. The highest BCUT2D eigenvalue weighted by Crippen LogP contribution is 2.17. The number of aryl methyl sites for hydroxylation is 1. The summed E-state index contributed by atoms with van der Waals surface area (Å²) in [7, 11) is 1.64. The number of aliphatic hydroxyl groups excluding tert-OH is 1. The first kappa shape index (κ1) is 21.3. The van der Waals surface area contributed by atoms with Crippen molar-refractivity contribution in [2.75, 3.05) is 26.8 Å². The summed E-state index contributed by atoms with van der Waals surface area (Å²) in [4.78, 5) is 2.32. The van der Waals surface area contributed by atoms with Gasteiger partial charge >= 0.3 is 0 Å². The maximum atomic E-state index is 10.5. The summed E-state index contributed by atoms with van der Waals surface area (Å²) in [6.07, 6.45) is 0.571. The average molecular weight is 372 g/mol. The molecule has 2 rings (SSSR count). The van der Waals surface area contributed by atoms with Crippen LogP contribution in [-0.2, 0) is 6.54 Å². The first-order valence-corrected chi connectivity index (χ1v) is 9.69. The van der Waals surface area contributed by atoms with Crippen molar-refractivity contribution in [1.82, 2.24) is 4.90 Å². The molecular weight excluding hydrogens is 338 g/mol. The fourth-order valence-electron chi connectivity index (χ4n) is 2.96. The minimum absolute atomic E-state index is 0.276. The quantitative estimate of drug-likeness (QED) is 0.640. The Morgan fingerprint density at radius 2 is 1.74 bits per heavy atom. The first-order valence-electron chi connectivity index (χ1n) is 9.69. The third-order valence-corrected chi connectivity index (χ3v) is 4.48. The van der Waals surface area contributed by atoms with Crippen molar-refractivity contribution in [2.24, 2.45) is 5.92 Å². The van der Waals surface area contributed by atoms with Gasteiger partial charge in [-0.25, -0.2) is 0 Å². The smallest absolute Gasteiger partial charge is 0.119 e.